The van der Waals surface area contributed by atoms with Crippen LogP contribution in [0.25, 0.3) is 17.2 Å². The maximum Gasteiger partial charge on any atom is 0.290 e. The second-order valence-corrected chi connectivity index (χ2v) is 7.22. The number of ether oxygens (including phenoxy) is 1. The Bertz CT molecular complexity index is 1130. The summed E-state index contributed by atoms with van der Waals surface area (Å²) in [5, 5.41) is 6.28. The summed E-state index contributed by atoms with van der Waals surface area (Å²) in [7, 11) is 1.82. The molecule has 4 rings (SSSR count). The highest BCUT2D eigenvalue weighted by Gasteiger charge is 2.24. The van der Waals surface area contributed by atoms with Gasteiger partial charge in [0, 0.05) is 24.4 Å². The smallest absolute Gasteiger partial charge is 0.290 e. The van der Waals surface area contributed by atoms with Crippen LogP contribution in [0.2, 0.25) is 0 Å². The third-order valence-electron chi connectivity index (χ3n) is 4.14. The number of thioether (sulfide) groups is 1. The van der Waals surface area contributed by atoms with Crippen molar-refractivity contribution in [2.24, 2.45) is 7.05 Å². The Hall–Kier alpha value is -3.39. The van der Waals surface area contributed by atoms with E-state index in [0.717, 1.165) is 28.5 Å². The summed E-state index contributed by atoms with van der Waals surface area (Å²) in [5.74, 6) is 0.240. The molecule has 28 heavy (non-hydrogen) atoms. The van der Waals surface area contributed by atoms with Crippen molar-refractivity contribution in [1.29, 1.82) is 0 Å². The van der Waals surface area contributed by atoms with Gasteiger partial charge in [-0.1, -0.05) is 12.1 Å². The molecule has 0 unspecified atom stereocenters. The fourth-order valence-electron chi connectivity index (χ4n) is 2.86. The van der Waals surface area contributed by atoms with Gasteiger partial charge in [-0.2, -0.15) is 5.10 Å². The number of aromatic nitrogens is 2. The highest BCUT2D eigenvalue weighted by Crippen LogP contribution is 2.27. The quantitative estimate of drug-likeness (QED) is 0.686. The number of imide groups is 1. The van der Waals surface area contributed by atoms with Crippen molar-refractivity contribution < 1.29 is 14.3 Å². The first-order valence-electron chi connectivity index (χ1n) is 8.42. The summed E-state index contributed by atoms with van der Waals surface area (Å²) >= 11 is 0.878. The molecular formula is C20H15N3O4S. The second kappa shape index (κ2) is 7.32. The van der Waals surface area contributed by atoms with Crippen molar-refractivity contribution in [3.05, 3.63) is 75.0 Å². The van der Waals surface area contributed by atoms with Gasteiger partial charge in [0.1, 0.15) is 18.1 Å². The lowest BCUT2D eigenvalue weighted by molar-refractivity contribution is -0.115. The molecule has 1 aromatic rings. The average molecular weight is 393 g/mol. The largest absolute Gasteiger partial charge is 0.487 e. The third kappa shape index (κ3) is 3.81. The van der Waals surface area contributed by atoms with Crippen LogP contribution < -0.4 is 15.5 Å². The molecule has 0 atom stereocenters. The number of aryl methyl sites for hydroxylation is 1. The van der Waals surface area contributed by atoms with Crippen molar-refractivity contribution in [2.45, 2.75) is 6.61 Å². The maximum absolute atomic E-state index is 11.7. The number of hydrogen-bond donors (Lipinski definition) is 1. The van der Waals surface area contributed by atoms with Crippen molar-refractivity contribution in [3.63, 3.8) is 0 Å². The number of nitrogens with one attached hydrogen (secondary N) is 1. The SMILES string of the molecule is Cn1cc2ccc(=O)cc-2c(COc2ccc(C=C3SC(=O)NC3=O)cc2)n1. The van der Waals surface area contributed by atoms with E-state index in [0.29, 0.717) is 16.3 Å². The number of rotatable bonds is 4. The molecule has 140 valence electrons. The molecule has 2 aliphatic heterocycles. The number of fused-ring (bicyclic) bond motifs is 1. The van der Waals surface area contributed by atoms with Gasteiger partial charge in [-0.25, -0.2) is 0 Å². The number of benzene rings is 2. The zero-order valence-electron chi connectivity index (χ0n) is 14.8. The summed E-state index contributed by atoms with van der Waals surface area (Å²) in [4.78, 5) is 34.9. The van der Waals surface area contributed by atoms with E-state index in [-0.39, 0.29) is 23.2 Å². The number of carbonyl (C=O) groups is 2. The Kier molecular flexibility index (Phi) is 4.70. The van der Waals surface area contributed by atoms with Crippen LogP contribution in [-0.2, 0) is 18.4 Å². The van der Waals surface area contributed by atoms with Gasteiger partial charge < -0.3 is 4.74 Å². The monoisotopic (exact) mass is 393 g/mol. The van der Waals surface area contributed by atoms with Crippen LogP contribution in [0.3, 0.4) is 0 Å². The normalized spacial score (nSPS) is 15.2. The summed E-state index contributed by atoms with van der Waals surface area (Å²) in [6.07, 6.45) is 3.50. The minimum atomic E-state index is -0.386. The van der Waals surface area contributed by atoms with Gasteiger partial charge in [0.15, 0.2) is 5.43 Å². The number of nitrogens with zero attached hydrogens (tertiary/aromatic N) is 2. The molecule has 2 amide bonds. The molecular weight excluding hydrogens is 378 g/mol. The summed E-state index contributed by atoms with van der Waals surface area (Å²) in [6.45, 7) is 0.210. The van der Waals surface area contributed by atoms with Gasteiger partial charge in [0.05, 0.1) is 4.91 Å². The zero-order valence-corrected chi connectivity index (χ0v) is 15.7. The van der Waals surface area contributed by atoms with Crippen LogP contribution in [0.5, 0.6) is 5.75 Å². The molecule has 8 heteroatoms. The Balaban J connectivity index is 1.51. The van der Waals surface area contributed by atoms with E-state index < -0.39 is 0 Å². The van der Waals surface area contributed by atoms with Crippen LogP contribution in [0.15, 0.2) is 58.4 Å². The number of hydrogen-bond acceptors (Lipinski definition) is 6. The summed E-state index contributed by atoms with van der Waals surface area (Å²) in [6, 6.07) is 12.0. The number of amides is 2. The van der Waals surface area contributed by atoms with Crippen molar-refractivity contribution in [3.8, 4) is 16.9 Å². The topological polar surface area (TPSA) is 90.3 Å². The maximum atomic E-state index is 11.7. The van der Waals surface area contributed by atoms with Crippen molar-refractivity contribution in [2.75, 3.05) is 0 Å². The first kappa shape index (κ1) is 18.0. The fraction of sp³-hybridized carbons (Fsp3) is 0.100. The molecule has 1 N–H and O–H groups in total. The predicted octanol–water partition coefficient (Wildman–Crippen LogP) is 2.79. The van der Waals surface area contributed by atoms with Crippen LogP contribution in [0, 0.1) is 0 Å². The predicted molar refractivity (Wildman–Crippen MR) is 106 cm³/mol. The van der Waals surface area contributed by atoms with Crippen molar-refractivity contribution >= 4 is 29.0 Å². The van der Waals surface area contributed by atoms with Gasteiger partial charge >= 0.3 is 0 Å². The molecule has 3 aliphatic rings. The standard InChI is InChI=1S/C20H15N3O4S/c1-23-10-13-4-5-14(24)9-16(13)17(22-23)11-27-15-6-2-12(3-7-15)8-18-19(25)21-20(26)28-18/h2-10H,11H2,1H3,(H,21,25,26). The van der Waals surface area contributed by atoms with Gasteiger partial charge in [-0.05, 0) is 53.7 Å². The number of carbonyl (C=O) groups excluding carboxylic acids is 2. The van der Waals surface area contributed by atoms with E-state index in [1.54, 1.807) is 47.2 Å². The van der Waals surface area contributed by atoms with Gasteiger partial charge in [0.2, 0.25) is 0 Å². The molecule has 0 aromatic heterocycles. The molecule has 1 fully saturated rings. The Morgan fingerprint density at radius 3 is 2.64 bits per heavy atom. The zero-order chi connectivity index (χ0) is 19.7. The first-order chi connectivity index (χ1) is 13.5. The van der Waals surface area contributed by atoms with Crippen LogP contribution >= 0.6 is 11.8 Å². The third-order valence-corrected chi connectivity index (χ3v) is 4.95. The molecule has 1 aliphatic carbocycles. The Morgan fingerprint density at radius 2 is 1.93 bits per heavy atom. The summed E-state index contributed by atoms with van der Waals surface area (Å²) < 4.78 is 7.51. The average Bonchev–Trinajstić information content (AvgIpc) is 2.98. The highest BCUT2D eigenvalue weighted by atomic mass is 32.2. The van der Waals surface area contributed by atoms with E-state index in [1.807, 2.05) is 13.2 Å². The molecule has 2 heterocycles. The second-order valence-electron chi connectivity index (χ2n) is 6.21. The molecule has 0 saturated carbocycles. The molecule has 0 radical (unpaired) electrons. The van der Waals surface area contributed by atoms with Crippen LogP contribution in [0.4, 0.5) is 4.79 Å². The van der Waals surface area contributed by atoms with E-state index in [4.69, 9.17) is 4.74 Å². The van der Waals surface area contributed by atoms with Crippen molar-refractivity contribution in [1.82, 2.24) is 15.1 Å². The Morgan fingerprint density at radius 1 is 1.14 bits per heavy atom. The summed E-state index contributed by atoms with van der Waals surface area (Å²) in [5.41, 5.74) is 3.06. The molecule has 0 spiro atoms. The molecule has 1 aromatic carbocycles. The van der Waals surface area contributed by atoms with E-state index in [9.17, 15) is 14.4 Å². The van der Waals surface area contributed by atoms with Gasteiger partial charge in [-0.15, -0.1) is 0 Å². The first-order valence-corrected chi connectivity index (χ1v) is 9.24. The lowest BCUT2D eigenvalue weighted by atomic mass is 10.0. The van der Waals surface area contributed by atoms with Gasteiger partial charge in [0.25, 0.3) is 11.1 Å². The highest BCUT2D eigenvalue weighted by molar-refractivity contribution is 8.18. The minimum Gasteiger partial charge on any atom is -0.487 e. The van der Waals surface area contributed by atoms with Crippen LogP contribution in [-0.4, -0.2) is 20.9 Å². The fourth-order valence-corrected chi connectivity index (χ4v) is 3.55. The lowest BCUT2D eigenvalue weighted by Gasteiger charge is -2.13. The minimum absolute atomic E-state index is 0.0749. The molecule has 1 saturated heterocycles. The lowest BCUT2D eigenvalue weighted by Crippen LogP contribution is -2.17. The molecule has 0 bridgehead atoms. The van der Waals surface area contributed by atoms with Gasteiger partial charge in [-0.3, -0.25) is 24.4 Å². The van der Waals surface area contributed by atoms with E-state index in [2.05, 4.69) is 10.4 Å². The Labute approximate surface area is 164 Å². The van der Waals surface area contributed by atoms with E-state index >= 15 is 0 Å². The van der Waals surface area contributed by atoms with Crippen LogP contribution in [0.1, 0.15) is 11.3 Å². The van der Waals surface area contributed by atoms with E-state index in [1.165, 1.54) is 6.07 Å². The molecule has 7 nitrogen and oxygen atoms in total.